The Morgan fingerprint density at radius 1 is 1.29 bits per heavy atom. The molecule has 0 saturated heterocycles. The third kappa shape index (κ3) is 3.22. The van der Waals surface area contributed by atoms with Crippen LogP contribution in [0.3, 0.4) is 0 Å². The molecule has 0 aromatic heterocycles. The Morgan fingerprint density at radius 2 is 1.88 bits per heavy atom. The Hall–Kier alpha value is -1.02. The molecule has 2 nitrogen and oxygen atoms in total. The van der Waals surface area contributed by atoms with E-state index in [2.05, 4.69) is 19.2 Å². The van der Waals surface area contributed by atoms with Crippen LogP contribution in [0.5, 0.6) is 0 Å². The highest BCUT2D eigenvalue weighted by molar-refractivity contribution is 6.30. The standard InChI is InChI=1S/C14H18ClNO/c1-9(2)13(14(17)16-12-7-8-12)10-3-5-11(15)6-4-10/h3-6,9,12-13H,7-8H2,1-2H3,(H,16,17)/t13-/m0/s1. The van der Waals surface area contributed by atoms with E-state index in [-0.39, 0.29) is 17.7 Å². The molecule has 0 heterocycles. The minimum absolute atomic E-state index is 0.0760. The third-order valence-electron chi connectivity index (χ3n) is 3.10. The molecule has 17 heavy (non-hydrogen) atoms. The lowest BCUT2D eigenvalue weighted by Gasteiger charge is -2.20. The summed E-state index contributed by atoms with van der Waals surface area (Å²) < 4.78 is 0. The molecule has 1 N–H and O–H groups in total. The van der Waals surface area contributed by atoms with E-state index < -0.39 is 0 Å². The molecule has 0 radical (unpaired) electrons. The molecule has 1 aliphatic carbocycles. The Morgan fingerprint density at radius 3 is 2.35 bits per heavy atom. The number of carbonyl (C=O) groups is 1. The van der Waals surface area contributed by atoms with Crippen molar-refractivity contribution in [3.05, 3.63) is 34.9 Å². The first-order valence-corrected chi connectivity index (χ1v) is 6.51. The minimum Gasteiger partial charge on any atom is -0.353 e. The van der Waals surface area contributed by atoms with Gasteiger partial charge in [-0.05, 0) is 36.5 Å². The Kier molecular flexibility index (Phi) is 3.72. The molecule has 1 fully saturated rings. The average molecular weight is 252 g/mol. The van der Waals surface area contributed by atoms with E-state index >= 15 is 0 Å². The predicted octanol–water partition coefficient (Wildman–Crippen LogP) is 3.36. The quantitative estimate of drug-likeness (QED) is 0.874. The lowest BCUT2D eigenvalue weighted by molar-refractivity contribution is -0.123. The van der Waals surface area contributed by atoms with Crippen LogP contribution in [0.15, 0.2) is 24.3 Å². The first kappa shape index (κ1) is 12.4. The van der Waals surface area contributed by atoms with Crippen LogP contribution < -0.4 is 5.32 Å². The van der Waals surface area contributed by atoms with E-state index in [1.54, 1.807) is 0 Å². The third-order valence-corrected chi connectivity index (χ3v) is 3.35. The van der Waals surface area contributed by atoms with Crippen molar-refractivity contribution in [2.75, 3.05) is 0 Å². The van der Waals surface area contributed by atoms with Gasteiger partial charge in [-0.15, -0.1) is 0 Å². The van der Waals surface area contributed by atoms with E-state index in [0.717, 1.165) is 18.4 Å². The van der Waals surface area contributed by atoms with Gasteiger partial charge in [0.25, 0.3) is 0 Å². The van der Waals surface area contributed by atoms with Gasteiger partial charge in [0, 0.05) is 11.1 Å². The fourth-order valence-electron chi connectivity index (χ4n) is 2.03. The number of halogens is 1. The van der Waals surface area contributed by atoms with Gasteiger partial charge >= 0.3 is 0 Å². The van der Waals surface area contributed by atoms with Gasteiger partial charge in [0.05, 0.1) is 5.92 Å². The van der Waals surface area contributed by atoms with E-state index in [1.807, 2.05) is 24.3 Å². The molecule has 0 unspecified atom stereocenters. The minimum atomic E-state index is -0.0760. The van der Waals surface area contributed by atoms with Crippen molar-refractivity contribution < 1.29 is 4.79 Å². The summed E-state index contributed by atoms with van der Waals surface area (Å²) in [5, 5.41) is 3.78. The number of amides is 1. The van der Waals surface area contributed by atoms with Crippen LogP contribution in [-0.2, 0) is 4.79 Å². The van der Waals surface area contributed by atoms with Crippen molar-refractivity contribution in [3.63, 3.8) is 0 Å². The smallest absolute Gasteiger partial charge is 0.228 e. The molecule has 1 aromatic rings. The molecular formula is C14H18ClNO. The highest BCUT2D eigenvalue weighted by Gasteiger charge is 2.29. The van der Waals surface area contributed by atoms with Crippen LogP contribution in [0.4, 0.5) is 0 Å². The molecular weight excluding hydrogens is 234 g/mol. The number of carbonyl (C=O) groups excluding carboxylic acids is 1. The molecule has 1 atom stereocenters. The molecule has 1 saturated carbocycles. The monoisotopic (exact) mass is 251 g/mol. The van der Waals surface area contributed by atoms with Crippen molar-refractivity contribution in [1.82, 2.24) is 5.32 Å². The highest BCUT2D eigenvalue weighted by Crippen LogP contribution is 2.28. The maximum Gasteiger partial charge on any atom is 0.228 e. The fraction of sp³-hybridized carbons (Fsp3) is 0.500. The fourth-order valence-corrected chi connectivity index (χ4v) is 2.15. The summed E-state index contributed by atoms with van der Waals surface area (Å²) >= 11 is 5.87. The molecule has 1 aromatic carbocycles. The number of benzene rings is 1. The van der Waals surface area contributed by atoms with Gasteiger partial charge in [-0.1, -0.05) is 37.6 Å². The van der Waals surface area contributed by atoms with Gasteiger partial charge in [0.1, 0.15) is 0 Å². The van der Waals surface area contributed by atoms with E-state index in [4.69, 9.17) is 11.6 Å². The lowest BCUT2D eigenvalue weighted by atomic mass is 9.87. The van der Waals surface area contributed by atoms with E-state index in [1.165, 1.54) is 0 Å². The zero-order chi connectivity index (χ0) is 12.4. The lowest BCUT2D eigenvalue weighted by Crippen LogP contribution is -2.33. The average Bonchev–Trinajstić information content (AvgIpc) is 3.04. The van der Waals surface area contributed by atoms with Crippen molar-refractivity contribution in [2.45, 2.75) is 38.6 Å². The second-order valence-electron chi connectivity index (χ2n) is 5.06. The molecule has 0 aliphatic heterocycles. The number of nitrogens with one attached hydrogen (secondary N) is 1. The summed E-state index contributed by atoms with van der Waals surface area (Å²) in [6.07, 6.45) is 2.24. The highest BCUT2D eigenvalue weighted by atomic mass is 35.5. The molecule has 1 aliphatic rings. The van der Waals surface area contributed by atoms with Crippen LogP contribution in [0, 0.1) is 5.92 Å². The summed E-state index contributed by atoms with van der Waals surface area (Å²) in [5.41, 5.74) is 1.04. The van der Waals surface area contributed by atoms with Gasteiger partial charge in [-0.2, -0.15) is 0 Å². The van der Waals surface area contributed by atoms with Crippen LogP contribution in [0.2, 0.25) is 5.02 Å². The molecule has 92 valence electrons. The molecule has 3 heteroatoms. The largest absolute Gasteiger partial charge is 0.353 e. The summed E-state index contributed by atoms with van der Waals surface area (Å²) in [7, 11) is 0. The molecule has 2 rings (SSSR count). The van der Waals surface area contributed by atoms with Crippen LogP contribution in [0.1, 0.15) is 38.2 Å². The first-order valence-electron chi connectivity index (χ1n) is 6.14. The normalized spacial score (nSPS) is 16.9. The van der Waals surface area contributed by atoms with Crippen LogP contribution >= 0.6 is 11.6 Å². The molecule has 0 spiro atoms. The van der Waals surface area contributed by atoms with Crippen LogP contribution in [-0.4, -0.2) is 11.9 Å². The first-order chi connectivity index (χ1) is 8.08. The Labute approximate surface area is 107 Å². The zero-order valence-corrected chi connectivity index (χ0v) is 11.0. The maximum atomic E-state index is 12.2. The van der Waals surface area contributed by atoms with Gasteiger partial charge in [-0.3, -0.25) is 4.79 Å². The van der Waals surface area contributed by atoms with Gasteiger partial charge in [-0.25, -0.2) is 0 Å². The molecule has 0 bridgehead atoms. The van der Waals surface area contributed by atoms with Gasteiger partial charge in [0.2, 0.25) is 5.91 Å². The van der Waals surface area contributed by atoms with E-state index in [9.17, 15) is 4.79 Å². The number of hydrogen-bond donors (Lipinski definition) is 1. The van der Waals surface area contributed by atoms with Crippen molar-refractivity contribution in [1.29, 1.82) is 0 Å². The molecule has 1 amide bonds. The zero-order valence-electron chi connectivity index (χ0n) is 10.2. The number of hydrogen-bond acceptors (Lipinski definition) is 1. The van der Waals surface area contributed by atoms with Gasteiger partial charge < -0.3 is 5.32 Å². The van der Waals surface area contributed by atoms with Crippen LogP contribution in [0.25, 0.3) is 0 Å². The van der Waals surface area contributed by atoms with Crippen molar-refractivity contribution in [3.8, 4) is 0 Å². The SMILES string of the molecule is CC(C)[C@H](C(=O)NC1CC1)c1ccc(Cl)cc1. The summed E-state index contributed by atoms with van der Waals surface area (Å²) in [5.74, 6) is 0.354. The van der Waals surface area contributed by atoms with Crippen molar-refractivity contribution in [2.24, 2.45) is 5.92 Å². The Balaban J connectivity index is 2.15. The van der Waals surface area contributed by atoms with E-state index in [0.29, 0.717) is 11.1 Å². The Bertz CT molecular complexity index is 395. The summed E-state index contributed by atoms with van der Waals surface area (Å²) in [4.78, 5) is 12.2. The number of rotatable bonds is 4. The topological polar surface area (TPSA) is 29.1 Å². The summed E-state index contributed by atoms with van der Waals surface area (Å²) in [6, 6.07) is 7.99. The second kappa shape index (κ2) is 5.09. The predicted molar refractivity (Wildman–Crippen MR) is 70.2 cm³/mol. The van der Waals surface area contributed by atoms with Crippen molar-refractivity contribution >= 4 is 17.5 Å². The second-order valence-corrected chi connectivity index (χ2v) is 5.49. The van der Waals surface area contributed by atoms with Gasteiger partial charge in [0.15, 0.2) is 0 Å². The summed E-state index contributed by atoms with van der Waals surface area (Å²) in [6.45, 7) is 4.15. The maximum absolute atomic E-state index is 12.2.